The molecule has 0 radical (unpaired) electrons. The normalized spacial score (nSPS) is 19.5. The maximum Gasteiger partial charge on any atom is 0.318 e. The van der Waals surface area contributed by atoms with Gasteiger partial charge >= 0.3 is 6.03 Å². The summed E-state index contributed by atoms with van der Waals surface area (Å²) in [7, 11) is 0. The number of rotatable bonds is 16. The average Bonchev–Trinajstić information content (AvgIpc) is 2.93. The van der Waals surface area contributed by atoms with E-state index < -0.39 is 5.54 Å². The first-order valence-electron chi connectivity index (χ1n) is 15.4. The molecule has 0 bridgehead atoms. The lowest BCUT2D eigenvalue weighted by molar-refractivity contribution is -0.134. The first kappa shape index (κ1) is 33.4. The molecule has 3 rings (SSSR count). The fourth-order valence-electron chi connectivity index (χ4n) is 5.61. The predicted octanol–water partition coefficient (Wildman–Crippen LogP) is 6.98. The zero-order valence-corrected chi connectivity index (χ0v) is 26.7. The molecule has 8 heteroatoms. The fraction of sp³-hybridized carbons (Fsp3) is 0.588. The number of ether oxygens (including phenoxy) is 4. The maximum atomic E-state index is 14.0. The zero-order valence-electron chi connectivity index (χ0n) is 26.7. The number of carbonyl (C=O) groups excluding carboxylic acids is 2. The largest absolute Gasteiger partial charge is 0.493 e. The molecule has 1 aliphatic rings. The van der Waals surface area contributed by atoms with Gasteiger partial charge in [-0.05, 0) is 70.7 Å². The van der Waals surface area contributed by atoms with Crippen molar-refractivity contribution in [3.05, 3.63) is 59.2 Å². The molecule has 0 heterocycles. The number of Topliss-reactive ketones (excluding diaryl/α,β-unsaturated/α-hetero) is 1. The van der Waals surface area contributed by atoms with Crippen LogP contribution in [-0.2, 0) is 14.3 Å². The first-order chi connectivity index (χ1) is 20.1. The van der Waals surface area contributed by atoms with Crippen LogP contribution in [-0.4, -0.2) is 61.3 Å². The predicted molar refractivity (Wildman–Crippen MR) is 165 cm³/mol. The van der Waals surface area contributed by atoms with E-state index in [0.717, 1.165) is 28.2 Å². The van der Waals surface area contributed by atoms with Gasteiger partial charge in [-0.1, -0.05) is 44.2 Å². The van der Waals surface area contributed by atoms with Crippen molar-refractivity contribution in [3.63, 3.8) is 0 Å². The number of benzene rings is 2. The van der Waals surface area contributed by atoms with Crippen LogP contribution in [0.2, 0.25) is 0 Å². The molecule has 1 fully saturated rings. The minimum Gasteiger partial charge on any atom is -0.493 e. The highest BCUT2D eigenvalue weighted by Crippen LogP contribution is 2.40. The highest BCUT2D eigenvalue weighted by Gasteiger charge is 2.50. The van der Waals surface area contributed by atoms with E-state index in [2.05, 4.69) is 19.2 Å². The van der Waals surface area contributed by atoms with Gasteiger partial charge in [-0.25, -0.2) is 4.79 Å². The fourth-order valence-corrected chi connectivity index (χ4v) is 5.61. The Balaban J connectivity index is 1.91. The topological polar surface area (TPSA) is 86.3 Å². The molecular formula is C34H50N2O6. The number of carbonyl (C=O) groups is 2. The van der Waals surface area contributed by atoms with Gasteiger partial charge in [0, 0.05) is 31.6 Å². The molecule has 2 aromatic rings. The van der Waals surface area contributed by atoms with Crippen molar-refractivity contribution in [2.45, 2.75) is 97.9 Å². The Kier molecular flexibility index (Phi) is 12.2. The Morgan fingerprint density at radius 2 is 1.52 bits per heavy atom. The third-order valence-corrected chi connectivity index (χ3v) is 8.06. The summed E-state index contributed by atoms with van der Waals surface area (Å²) in [5, 5.41) is 3.09. The minimum absolute atomic E-state index is 0.0359. The van der Waals surface area contributed by atoms with Gasteiger partial charge < -0.3 is 29.2 Å². The van der Waals surface area contributed by atoms with E-state index in [-0.39, 0.29) is 36.0 Å². The van der Waals surface area contributed by atoms with Gasteiger partial charge in [0.1, 0.15) is 17.0 Å². The first-order valence-corrected chi connectivity index (χ1v) is 15.4. The number of nitrogens with zero attached hydrogens (tertiary/aromatic N) is 1. The summed E-state index contributed by atoms with van der Waals surface area (Å²) in [6.07, 6.45) is 0.773. The van der Waals surface area contributed by atoms with Gasteiger partial charge in [0.2, 0.25) is 0 Å². The molecular weight excluding hydrogens is 532 g/mol. The number of amides is 2. The molecule has 2 atom stereocenters. The maximum absolute atomic E-state index is 14.0. The Bertz CT molecular complexity index is 1130. The number of hydrogen-bond donors (Lipinski definition) is 1. The number of nitrogens with one attached hydrogen (secondary N) is 1. The summed E-state index contributed by atoms with van der Waals surface area (Å²) in [5.41, 5.74) is 2.04. The molecule has 2 aromatic carbocycles. The highest BCUT2D eigenvalue weighted by molar-refractivity contribution is 5.92. The summed E-state index contributed by atoms with van der Waals surface area (Å²) in [6, 6.07) is 13.4. The van der Waals surface area contributed by atoms with Crippen molar-refractivity contribution in [2.75, 3.05) is 33.0 Å². The second kappa shape index (κ2) is 15.4. The van der Waals surface area contributed by atoms with Crippen LogP contribution in [0.4, 0.5) is 4.79 Å². The molecule has 1 N–H and O–H groups in total. The number of urea groups is 1. The molecule has 0 aliphatic heterocycles. The average molecular weight is 583 g/mol. The zero-order chi connectivity index (χ0) is 30.9. The van der Waals surface area contributed by atoms with Crippen LogP contribution in [0.5, 0.6) is 11.5 Å². The molecule has 2 amide bonds. The van der Waals surface area contributed by atoms with Crippen LogP contribution in [0.3, 0.4) is 0 Å². The Morgan fingerprint density at radius 3 is 2.02 bits per heavy atom. The van der Waals surface area contributed by atoms with Crippen molar-refractivity contribution in [1.29, 1.82) is 0 Å². The van der Waals surface area contributed by atoms with Gasteiger partial charge in [0.15, 0.2) is 5.78 Å². The second-order valence-electron chi connectivity index (χ2n) is 11.3. The van der Waals surface area contributed by atoms with Crippen LogP contribution in [0.1, 0.15) is 103 Å². The Labute approximate surface area is 252 Å². The lowest BCUT2D eigenvalue weighted by atomic mass is 9.71. The third kappa shape index (κ3) is 8.04. The van der Waals surface area contributed by atoms with Crippen LogP contribution >= 0.6 is 0 Å². The second-order valence-corrected chi connectivity index (χ2v) is 11.3. The van der Waals surface area contributed by atoms with Crippen molar-refractivity contribution in [1.82, 2.24) is 10.2 Å². The molecule has 0 spiro atoms. The lowest BCUT2D eigenvalue weighted by Crippen LogP contribution is -2.66. The minimum atomic E-state index is -0.929. The van der Waals surface area contributed by atoms with Gasteiger partial charge in [-0.3, -0.25) is 4.79 Å². The van der Waals surface area contributed by atoms with E-state index in [0.29, 0.717) is 45.8 Å². The summed E-state index contributed by atoms with van der Waals surface area (Å²) in [5.74, 6) is 1.64. The molecule has 232 valence electrons. The van der Waals surface area contributed by atoms with Gasteiger partial charge in [-0.2, -0.15) is 0 Å². The van der Waals surface area contributed by atoms with E-state index in [4.69, 9.17) is 18.9 Å². The lowest BCUT2D eigenvalue weighted by Gasteiger charge is -2.47. The van der Waals surface area contributed by atoms with E-state index in [1.165, 1.54) is 6.92 Å². The van der Waals surface area contributed by atoms with Gasteiger partial charge in [-0.15, -0.1) is 0 Å². The molecule has 0 aromatic heterocycles. The summed E-state index contributed by atoms with van der Waals surface area (Å²) in [6.45, 7) is 17.9. The Morgan fingerprint density at radius 1 is 0.929 bits per heavy atom. The standard InChI is InChI=1S/C34H50N2O6/c1-9-39-29-21-34(22-29,26(8)37)35-33(38)36(17-18-42-25(7)27-15-13-12-14-16-27)24(6)28-19-30(40-10-2)32(23(4)5)31(20-28)41-11-3/h12-16,19-20,23-25,29H,9-11,17-18,21-22H2,1-8H3,(H,35,38)/t24?,25-,29?,34?/m0/s1. The Hall–Kier alpha value is -3.10. The van der Waals surface area contributed by atoms with E-state index in [1.54, 1.807) is 4.90 Å². The van der Waals surface area contributed by atoms with Gasteiger partial charge in [0.25, 0.3) is 0 Å². The third-order valence-electron chi connectivity index (χ3n) is 8.06. The van der Waals surface area contributed by atoms with Crippen LogP contribution in [0.25, 0.3) is 0 Å². The summed E-state index contributed by atoms with van der Waals surface area (Å²) in [4.78, 5) is 28.5. The highest BCUT2D eigenvalue weighted by atomic mass is 16.5. The SMILES string of the molecule is CCOc1cc(C(C)N(CCO[C@@H](C)c2ccccc2)C(=O)NC2(C(C)=O)CC(OCC)C2)cc(OCC)c1C(C)C. The van der Waals surface area contributed by atoms with Crippen molar-refractivity contribution in [2.24, 2.45) is 0 Å². The van der Waals surface area contributed by atoms with Crippen LogP contribution in [0, 0.1) is 0 Å². The van der Waals surface area contributed by atoms with Gasteiger partial charge in [0.05, 0.1) is 38.1 Å². The summed E-state index contributed by atoms with van der Waals surface area (Å²) < 4.78 is 24.0. The van der Waals surface area contributed by atoms with E-state index in [9.17, 15) is 9.59 Å². The van der Waals surface area contributed by atoms with Crippen molar-refractivity contribution >= 4 is 11.8 Å². The molecule has 8 nitrogen and oxygen atoms in total. The smallest absolute Gasteiger partial charge is 0.318 e. The van der Waals surface area contributed by atoms with E-state index in [1.807, 2.05) is 77.1 Å². The van der Waals surface area contributed by atoms with E-state index >= 15 is 0 Å². The quantitative estimate of drug-likeness (QED) is 0.230. The van der Waals surface area contributed by atoms with Crippen molar-refractivity contribution in [3.8, 4) is 11.5 Å². The van der Waals surface area contributed by atoms with Crippen LogP contribution < -0.4 is 14.8 Å². The van der Waals surface area contributed by atoms with Crippen molar-refractivity contribution < 1.29 is 28.5 Å². The monoisotopic (exact) mass is 582 g/mol. The number of hydrogen-bond acceptors (Lipinski definition) is 6. The number of ketones is 1. The summed E-state index contributed by atoms with van der Waals surface area (Å²) >= 11 is 0. The van der Waals surface area contributed by atoms with Crippen LogP contribution in [0.15, 0.2) is 42.5 Å². The molecule has 0 saturated heterocycles. The molecule has 1 aliphatic carbocycles. The molecule has 1 saturated carbocycles. The molecule has 42 heavy (non-hydrogen) atoms. The molecule has 1 unspecified atom stereocenters.